The van der Waals surface area contributed by atoms with E-state index in [0.717, 1.165) is 25.0 Å². The van der Waals surface area contributed by atoms with Crippen LogP contribution in [0.3, 0.4) is 0 Å². The molecule has 0 bridgehead atoms. The number of hydrogen-bond acceptors (Lipinski definition) is 7. The number of carboxylic acids is 2. The van der Waals surface area contributed by atoms with Gasteiger partial charge < -0.3 is 26.0 Å². The molecule has 0 radical (unpaired) electrons. The molecule has 1 amide bonds. The van der Waals surface area contributed by atoms with Crippen molar-refractivity contribution in [2.24, 2.45) is 46.4 Å². The van der Waals surface area contributed by atoms with Crippen LogP contribution in [0.4, 0.5) is 0 Å². The van der Waals surface area contributed by atoms with Gasteiger partial charge in [-0.25, -0.2) is 0 Å². The van der Waals surface area contributed by atoms with Crippen molar-refractivity contribution in [3.05, 3.63) is 25.3 Å². The number of aliphatic carboxylic acids is 2. The molecular weight excluding hydrogens is 548 g/mol. The first kappa shape index (κ1) is 34.9. The number of aliphatic hydroxyl groups excluding tert-OH is 1. The molecule has 0 aliphatic carbocycles. The van der Waals surface area contributed by atoms with E-state index < -0.39 is 18.2 Å². The average Bonchev–Trinajstić information content (AvgIpc) is 3.50. The molecule has 3 aliphatic rings. The van der Waals surface area contributed by atoms with Crippen LogP contribution in [0.5, 0.6) is 0 Å². The zero-order valence-corrected chi connectivity index (χ0v) is 26.3. The smallest absolute Gasteiger partial charge is 0.303 e. The molecule has 13 unspecified atom stereocenters. The summed E-state index contributed by atoms with van der Waals surface area (Å²) < 4.78 is 0. The normalized spacial score (nSPS) is 37.0. The van der Waals surface area contributed by atoms with Gasteiger partial charge in [0.25, 0.3) is 0 Å². The summed E-state index contributed by atoms with van der Waals surface area (Å²) in [5, 5.41) is 39.6. The number of nitrogens with zero attached hydrogens (tertiary/aromatic N) is 1. The van der Waals surface area contributed by atoms with Crippen molar-refractivity contribution >= 4 is 24.1 Å². The molecule has 242 valence electrons. The lowest BCUT2D eigenvalue weighted by molar-refractivity contribution is -0.138. The number of aliphatic imine (C=N–C) groups is 1. The Hall–Kier alpha value is -2.56. The van der Waals surface area contributed by atoms with Gasteiger partial charge in [0.2, 0.25) is 6.41 Å². The highest BCUT2D eigenvalue weighted by Crippen LogP contribution is 2.42. The van der Waals surface area contributed by atoms with E-state index in [1.807, 2.05) is 19.1 Å². The minimum absolute atomic E-state index is 0.0292. The second kappa shape index (κ2) is 16.0. The lowest BCUT2D eigenvalue weighted by Gasteiger charge is -2.28. The summed E-state index contributed by atoms with van der Waals surface area (Å²) in [4.78, 5) is 39.8. The molecule has 2 saturated heterocycles. The maximum Gasteiger partial charge on any atom is 0.303 e. The fourth-order valence-corrected chi connectivity index (χ4v) is 8.06. The van der Waals surface area contributed by atoms with Crippen LogP contribution in [0.15, 0.2) is 30.3 Å². The minimum Gasteiger partial charge on any atom is -0.481 e. The first-order chi connectivity index (χ1) is 20.4. The van der Waals surface area contributed by atoms with Gasteiger partial charge in [-0.2, -0.15) is 0 Å². The summed E-state index contributed by atoms with van der Waals surface area (Å²) in [6.45, 7) is 16.2. The second-order valence-electron chi connectivity index (χ2n) is 13.4. The first-order valence-corrected chi connectivity index (χ1v) is 16.0. The maximum atomic E-state index is 11.6. The molecule has 6 N–H and O–H groups in total. The van der Waals surface area contributed by atoms with Crippen molar-refractivity contribution in [3.8, 4) is 0 Å². The molecular formula is C33H54N4O6. The van der Waals surface area contributed by atoms with Crippen molar-refractivity contribution in [1.29, 1.82) is 0 Å². The molecule has 0 aromatic heterocycles. The van der Waals surface area contributed by atoms with Gasteiger partial charge >= 0.3 is 11.9 Å². The van der Waals surface area contributed by atoms with E-state index in [1.165, 1.54) is 0 Å². The zero-order valence-electron chi connectivity index (χ0n) is 26.3. The summed E-state index contributed by atoms with van der Waals surface area (Å²) in [5.74, 6) is -0.807. The summed E-state index contributed by atoms with van der Waals surface area (Å²) in [6, 6.07) is 0.0328. The number of nitrogens with one attached hydrogen (secondary N) is 3. The molecule has 0 aromatic carbocycles. The van der Waals surface area contributed by atoms with E-state index in [0.29, 0.717) is 25.7 Å². The van der Waals surface area contributed by atoms with Gasteiger partial charge in [-0.15, -0.1) is 13.2 Å². The molecule has 3 rings (SSSR count). The zero-order chi connectivity index (χ0) is 31.8. The lowest BCUT2D eigenvalue weighted by Crippen LogP contribution is -2.41. The Balaban J connectivity index is 1.84. The quantitative estimate of drug-likeness (QED) is 0.102. The highest BCUT2D eigenvalue weighted by Gasteiger charge is 2.47. The Bertz CT molecular complexity index is 1020. The molecule has 0 spiro atoms. The van der Waals surface area contributed by atoms with Crippen LogP contribution in [-0.2, 0) is 14.4 Å². The number of carboxylic acid groups (broad SMARTS) is 2. The van der Waals surface area contributed by atoms with E-state index in [2.05, 4.69) is 49.9 Å². The number of allylic oxidation sites excluding steroid dienone is 1. The molecule has 0 saturated carbocycles. The van der Waals surface area contributed by atoms with Crippen LogP contribution < -0.4 is 16.0 Å². The molecule has 43 heavy (non-hydrogen) atoms. The third-order valence-corrected chi connectivity index (χ3v) is 10.8. The fraction of sp³-hybridized carbons (Fsp3) is 0.758. The molecule has 3 heterocycles. The van der Waals surface area contributed by atoms with Gasteiger partial charge in [0.1, 0.15) is 6.23 Å². The Labute approximate surface area is 256 Å². The van der Waals surface area contributed by atoms with E-state index >= 15 is 0 Å². The van der Waals surface area contributed by atoms with Gasteiger partial charge in [0.15, 0.2) is 0 Å². The van der Waals surface area contributed by atoms with Crippen molar-refractivity contribution in [2.75, 3.05) is 0 Å². The average molecular weight is 603 g/mol. The number of amides is 1. The number of hydrogen-bond donors (Lipinski definition) is 6. The second-order valence-corrected chi connectivity index (χ2v) is 13.4. The van der Waals surface area contributed by atoms with E-state index in [-0.39, 0.29) is 84.5 Å². The number of carbonyl (C=O) groups excluding carboxylic acids is 1. The largest absolute Gasteiger partial charge is 0.481 e. The Morgan fingerprint density at radius 1 is 0.977 bits per heavy atom. The molecule has 0 aromatic rings. The highest BCUT2D eigenvalue weighted by molar-refractivity contribution is 5.89. The monoisotopic (exact) mass is 602 g/mol. The fourth-order valence-electron chi connectivity index (χ4n) is 8.06. The van der Waals surface area contributed by atoms with Gasteiger partial charge in [0, 0.05) is 55.1 Å². The van der Waals surface area contributed by atoms with Gasteiger partial charge in [0.05, 0.1) is 6.04 Å². The van der Waals surface area contributed by atoms with Crippen LogP contribution in [0, 0.1) is 41.4 Å². The molecule has 2 fully saturated rings. The molecule has 10 heteroatoms. The van der Waals surface area contributed by atoms with Crippen molar-refractivity contribution in [1.82, 2.24) is 16.0 Å². The number of aliphatic hydroxyl groups is 1. The van der Waals surface area contributed by atoms with Gasteiger partial charge in [-0.3, -0.25) is 24.7 Å². The maximum absolute atomic E-state index is 11.6. The molecule has 3 aliphatic heterocycles. The van der Waals surface area contributed by atoms with Crippen LogP contribution in [0.1, 0.15) is 79.1 Å². The summed E-state index contributed by atoms with van der Waals surface area (Å²) in [6.07, 6.45) is 7.97. The molecule has 13 atom stereocenters. The van der Waals surface area contributed by atoms with E-state index in [4.69, 9.17) is 4.99 Å². The van der Waals surface area contributed by atoms with Crippen LogP contribution >= 0.6 is 0 Å². The van der Waals surface area contributed by atoms with Crippen LogP contribution in [0.2, 0.25) is 0 Å². The van der Waals surface area contributed by atoms with Crippen LogP contribution in [0.25, 0.3) is 0 Å². The first-order valence-electron chi connectivity index (χ1n) is 16.0. The Kier molecular flexibility index (Phi) is 13.0. The van der Waals surface area contributed by atoms with Crippen molar-refractivity contribution in [2.45, 2.75) is 115 Å². The third-order valence-electron chi connectivity index (χ3n) is 10.8. The topological polar surface area (TPSA) is 160 Å². The van der Waals surface area contributed by atoms with Crippen LogP contribution in [-0.4, -0.2) is 75.8 Å². The Morgan fingerprint density at radius 2 is 1.63 bits per heavy atom. The molecule has 10 nitrogen and oxygen atoms in total. The predicted molar refractivity (Wildman–Crippen MR) is 168 cm³/mol. The van der Waals surface area contributed by atoms with E-state index in [9.17, 15) is 29.7 Å². The van der Waals surface area contributed by atoms with Crippen molar-refractivity contribution < 1.29 is 29.7 Å². The predicted octanol–water partition coefficient (Wildman–Crippen LogP) is 3.61. The summed E-state index contributed by atoms with van der Waals surface area (Å²) in [5.41, 5.74) is 1.01. The number of rotatable bonds is 18. The Morgan fingerprint density at radius 3 is 2.21 bits per heavy atom. The standard InChI is InChI=1S/C33H54N4O6/c1-7-9-18(3)25(34-17-38)14-26-19(4)23(10-12-31(39)40)29(35-26)16-30-24(11-13-32(41)42)20(5)27(36-30)15-28-22(8-2)21(6)33(43)37-28/h7-8,17-25,27-30,33,36-37,43H,1-2,9-16H2,3-6H3,(H,34,38)(H,39,40)(H,41,42). The van der Waals surface area contributed by atoms with E-state index in [1.54, 1.807) is 0 Å². The van der Waals surface area contributed by atoms with Gasteiger partial charge in [-0.1, -0.05) is 39.8 Å². The third kappa shape index (κ3) is 8.76. The summed E-state index contributed by atoms with van der Waals surface area (Å²) in [7, 11) is 0. The lowest BCUT2D eigenvalue weighted by atomic mass is 9.77. The highest BCUT2D eigenvalue weighted by atomic mass is 16.4. The van der Waals surface area contributed by atoms with Gasteiger partial charge in [-0.05, 0) is 67.6 Å². The van der Waals surface area contributed by atoms with Crippen molar-refractivity contribution in [3.63, 3.8) is 0 Å². The minimum atomic E-state index is -0.830. The number of carbonyl (C=O) groups is 3. The summed E-state index contributed by atoms with van der Waals surface area (Å²) >= 11 is 0. The SMILES string of the molecule is C=CCC(C)C(CC1=NC(CC2NC(CC3NC(O)C(C)C3C=C)C(C)C2CCC(=O)O)C(CCC(=O)O)C1C)NC=O.